The molecule has 4 aromatic rings. The lowest BCUT2D eigenvalue weighted by Crippen LogP contribution is -2.21. The van der Waals surface area contributed by atoms with Crippen LogP contribution >= 0.6 is 0 Å². The monoisotopic (exact) mass is 394 g/mol. The van der Waals surface area contributed by atoms with Gasteiger partial charge >= 0.3 is 0 Å². The first kappa shape index (κ1) is 20.2. The molecule has 152 valence electrons. The summed E-state index contributed by atoms with van der Waals surface area (Å²) < 4.78 is 6.00. The van der Waals surface area contributed by atoms with Crippen LogP contribution in [0.1, 0.15) is 44.2 Å². The molecular formula is C29H30O. The summed E-state index contributed by atoms with van der Waals surface area (Å²) in [6.45, 7) is 4.72. The topological polar surface area (TPSA) is 9.23 Å². The molecule has 0 aliphatic heterocycles. The van der Waals surface area contributed by atoms with E-state index in [-0.39, 0.29) is 5.41 Å². The number of aryl methyl sites for hydroxylation is 1. The van der Waals surface area contributed by atoms with Crippen LogP contribution in [0.2, 0.25) is 0 Å². The number of benzene rings is 4. The van der Waals surface area contributed by atoms with Crippen molar-refractivity contribution in [3.63, 3.8) is 0 Å². The van der Waals surface area contributed by atoms with E-state index in [0.29, 0.717) is 0 Å². The van der Waals surface area contributed by atoms with E-state index >= 15 is 0 Å². The second-order valence-electron chi connectivity index (χ2n) is 8.39. The Bertz CT molecular complexity index is 1100. The molecule has 0 aliphatic rings. The van der Waals surface area contributed by atoms with Crippen molar-refractivity contribution in [3.05, 3.63) is 108 Å². The quantitative estimate of drug-likeness (QED) is 0.292. The van der Waals surface area contributed by atoms with E-state index in [1.807, 2.05) is 36.4 Å². The number of hydrogen-bond acceptors (Lipinski definition) is 1. The Balaban J connectivity index is 1.42. The van der Waals surface area contributed by atoms with Gasteiger partial charge in [-0.15, -0.1) is 0 Å². The fourth-order valence-electron chi connectivity index (χ4n) is 4.16. The molecule has 1 atom stereocenters. The molecule has 0 N–H and O–H groups in total. The molecule has 0 saturated heterocycles. The Kier molecular flexibility index (Phi) is 6.18. The van der Waals surface area contributed by atoms with Crippen molar-refractivity contribution < 1.29 is 4.74 Å². The molecular weight excluding hydrogens is 364 g/mol. The summed E-state index contributed by atoms with van der Waals surface area (Å²) in [6, 6.07) is 34.1. The van der Waals surface area contributed by atoms with Crippen LogP contribution in [-0.4, -0.2) is 0 Å². The summed E-state index contributed by atoms with van der Waals surface area (Å²) in [4.78, 5) is 0. The fourth-order valence-corrected chi connectivity index (χ4v) is 4.16. The minimum atomic E-state index is 0.197. The largest absolute Gasteiger partial charge is 0.457 e. The molecule has 0 fully saturated rings. The fraction of sp³-hybridized carbons (Fsp3) is 0.241. The van der Waals surface area contributed by atoms with Gasteiger partial charge in [-0.2, -0.15) is 0 Å². The van der Waals surface area contributed by atoms with Gasteiger partial charge < -0.3 is 4.74 Å². The number of rotatable bonds is 8. The molecule has 1 nitrogen and oxygen atoms in total. The van der Waals surface area contributed by atoms with E-state index in [9.17, 15) is 0 Å². The van der Waals surface area contributed by atoms with E-state index in [2.05, 4.69) is 74.5 Å². The third-order valence-electron chi connectivity index (χ3n) is 6.30. The maximum Gasteiger partial charge on any atom is 0.127 e. The van der Waals surface area contributed by atoms with E-state index < -0.39 is 0 Å². The molecule has 0 radical (unpaired) electrons. The molecule has 4 aromatic carbocycles. The lowest BCUT2D eigenvalue weighted by molar-refractivity contribution is 0.405. The van der Waals surface area contributed by atoms with Crippen LogP contribution in [0, 0.1) is 0 Å². The third-order valence-corrected chi connectivity index (χ3v) is 6.30. The van der Waals surface area contributed by atoms with E-state index in [1.165, 1.54) is 28.3 Å². The van der Waals surface area contributed by atoms with Crippen LogP contribution in [0.25, 0.3) is 10.8 Å². The van der Waals surface area contributed by atoms with Gasteiger partial charge in [-0.3, -0.25) is 0 Å². The van der Waals surface area contributed by atoms with Crippen LogP contribution in [0.3, 0.4) is 0 Å². The molecule has 1 unspecified atom stereocenters. The van der Waals surface area contributed by atoms with Crippen LogP contribution in [-0.2, 0) is 11.8 Å². The highest BCUT2D eigenvalue weighted by molar-refractivity contribution is 5.83. The zero-order chi connectivity index (χ0) is 20.8. The SMILES string of the molecule is CCC(C)(CCCc1cccc(Oc2ccccc2)c1)c1ccc2ccccc2c1. The van der Waals surface area contributed by atoms with Crippen LogP contribution in [0.5, 0.6) is 11.5 Å². The first-order valence-electron chi connectivity index (χ1n) is 11.0. The average molecular weight is 395 g/mol. The Morgan fingerprint density at radius 3 is 2.23 bits per heavy atom. The van der Waals surface area contributed by atoms with Crippen molar-refractivity contribution in [2.45, 2.75) is 44.9 Å². The summed E-state index contributed by atoms with van der Waals surface area (Å²) in [5, 5.41) is 2.65. The molecule has 0 aromatic heterocycles. The highest BCUT2D eigenvalue weighted by Crippen LogP contribution is 2.35. The Labute approximate surface area is 180 Å². The zero-order valence-electron chi connectivity index (χ0n) is 18.0. The van der Waals surface area contributed by atoms with E-state index in [0.717, 1.165) is 30.8 Å². The standard InChI is InChI=1S/C29H30O/c1-3-29(2,26-19-18-24-13-7-8-14-25(24)22-26)20-10-12-23-11-9-17-28(21-23)30-27-15-5-4-6-16-27/h4-9,11,13-19,21-22H,3,10,12,20H2,1-2H3. The molecule has 30 heavy (non-hydrogen) atoms. The minimum Gasteiger partial charge on any atom is -0.457 e. The predicted molar refractivity (Wildman–Crippen MR) is 127 cm³/mol. The maximum atomic E-state index is 6.00. The molecule has 4 rings (SSSR count). The lowest BCUT2D eigenvalue weighted by Gasteiger charge is -2.29. The molecule has 0 saturated carbocycles. The second-order valence-corrected chi connectivity index (χ2v) is 8.39. The van der Waals surface area contributed by atoms with E-state index in [4.69, 9.17) is 4.74 Å². The average Bonchev–Trinajstić information content (AvgIpc) is 2.79. The van der Waals surface area contributed by atoms with Crippen molar-refractivity contribution in [3.8, 4) is 11.5 Å². The summed E-state index contributed by atoms with van der Waals surface area (Å²) in [6.07, 6.45) is 4.54. The number of hydrogen-bond donors (Lipinski definition) is 0. The third kappa shape index (κ3) is 4.74. The minimum absolute atomic E-state index is 0.197. The molecule has 0 amide bonds. The van der Waals surface area contributed by atoms with E-state index in [1.54, 1.807) is 0 Å². The molecule has 0 spiro atoms. The highest BCUT2D eigenvalue weighted by Gasteiger charge is 2.24. The molecule has 0 heterocycles. The summed E-state index contributed by atoms with van der Waals surface area (Å²) in [7, 11) is 0. The number of fused-ring (bicyclic) bond motifs is 1. The van der Waals surface area contributed by atoms with Crippen LogP contribution in [0.15, 0.2) is 97.1 Å². The van der Waals surface area contributed by atoms with Gasteiger partial charge in [0.2, 0.25) is 0 Å². The van der Waals surface area contributed by atoms with Gasteiger partial charge in [0.25, 0.3) is 0 Å². The van der Waals surface area contributed by atoms with Crippen LogP contribution < -0.4 is 4.74 Å². The Hall–Kier alpha value is -3.06. The molecule has 1 heteroatoms. The zero-order valence-corrected chi connectivity index (χ0v) is 18.0. The van der Waals surface area contributed by atoms with Crippen molar-refractivity contribution in [1.29, 1.82) is 0 Å². The van der Waals surface area contributed by atoms with Gasteiger partial charge in [0, 0.05) is 0 Å². The number of para-hydroxylation sites is 1. The lowest BCUT2D eigenvalue weighted by atomic mass is 9.75. The van der Waals surface area contributed by atoms with Gasteiger partial charge in [0.15, 0.2) is 0 Å². The smallest absolute Gasteiger partial charge is 0.127 e. The van der Waals surface area contributed by atoms with Gasteiger partial charge in [0.1, 0.15) is 11.5 Å². The first-order valence-corrected chi connectivity index (χ1v) is 11.0. The number of ether oxygens (including phenoxy) is 1. The normalized spacial score (nSPS) is 13.1. The van der Waals surface area contributed by atoms with Gasteiger partial charge in [0.05, 0.1) is 0 Å². The van der Waals surface area contributed by atoms with Gasteiger partial charge in [-0.1, -0.05) is 86.6 Å². The van der Waals surface area contributed by atoms with Crippen LogP contribution in [0.4, 0.5) is 0 Å². The Morgan fingerprint density at radius 1 is 0.700 bits per heavy atom. The summed E-state index contributed by atoms with van der Waals surface area (Å²) in [5.41, 5.74) is 2.98. The maximum absolute atomic E-state index is 6.00. The summed E-state index contributed by atoms with van der Waals surface area (Å²) in [5.74, 6) is 1.79. The highest BCUT2D eigenvalue weighted by atomic mass is 16.5. The van der Waals surface area contributed by atoms with Crippen molar-refractivity contribution in [1.82, 2.24) is 0 Å². The second kappa shape index (κ2) is 9.17. The van der Waals surface area contributed by atoms with Crippen molar-refractivity contribution >= 4 is 10.8 Å². The summed E-state index contributed by atoms with van der Waals surface area (Å²) >= 11 is 0. The predicted octanol–water partition coefficient (Wildman–Crippen LogP) is 8.32. The molecule has 0 aliphatic carbocycles. The van der Waals surface area contributed by atoms with Gasteiger partial charge in [-0.25, -0.2) is 0 Å². The van der Waals surface area contributed by atoms with Crippen molar-refractivity contribution in [2.24, 2.45) is 0 Å². The molecule has 0 bridgehead atoms. The Morgan fingerprint density at radius 2 is 1.43 bits per heavy atom. The first-order chi connectivity index (χ1) is 14.7. The van der Waals surface area contributed by atoms with Crippen molar-refractivity contribution in [2.75, 3.05) is 0 Å². The van der Waals surface area contributed by atoms with Gasteiger partial charge in [-0.05, 0) is 77.3 Å².